The number of phenolic OH excluding ortho intramolecular Hbond substituents is 3. The van der Waals surface area contributed by atoms with Crippen molar-refractivity contribution in [3.63, 3.8) is 0 Å². The molecule has 0 unspecified atom stereocenters. The summed E-state index contributed by atoms with van der Waals surface area (Å²) in [4.78, 5) is 24.5. The fraction of sp³-hybridized carbons (Fsp3) is 0. The Morgan fingerprint density at radius 3 is 1.62 bits per heavy atom. The minimum atomic E-state index is -0.704. The molecule has 0 aliphatic rings. The summed E-state index contributed by atoms with van der Waals surface area (Å²) in [6, 6.07) is 12.9. The van der Waals surface area contributed by atoms with Crippen LogP contribution in [-0.2, 0) is 0 Å². The number of carbonyl (C=O) groups is 2. The van der Waals surface area contributed by atoms with Crippen LogP contribution in [-0.4, -0.2) is 27.1 Å². The van der Waals surface area contributed by atoms with E-state index in [0.717, 1.165) is 12.1 Å². The van der Waals surface area contributed by atoms with Crippen LogP contribution in [0.25, 0.3) is 0 Å². The summed E-state index contributed by atoms with van der Waals surface area (Å²) in [5, 5.41) is 33.6. The number of aromatic hydroxyl groups is 3. The minimum absolute atomic E-state index is 0.0453. The molecule has 0 fully saturated rings. The summed E-state index contributed by atoms with van der Waals surface area (Å²) in [6.07, 6.45) is 0. The van der Waals surface area contributed by atoms with Crippen molar-refractivity contribution in [1.82, 2.24) is 0 Å². The average Bonchev–Trinajstić information content (AvgIpc) is 2.69. The Balaban J connectivity index is 1.67. The van der Waals surface area contributed by atoms with Gasteiger partial charge in [-0.05, 0) is 54.6 Å². The van der Waals surface area contributed by atoms with Gasteiger partial charge in [-0.15, -0.1) is 0 Å². The van der Waals surface area contributed by atoms with Gasteiger partial charge in [0.2, 0.25) is 0 Å². The molecule has 0 saturated heterocycles. The molecule has 2 amide bonds. The zero-order chi connectivity index (χ0) is 21.1. The standard InChI is InChI=1S/C20H18N4O5/c21-14-6-1-10(7-15(14)22)19(28)23-12-2-4-13(5-3-12)24-20(29)11-8-16(25)18(27)17(26)9-11/h1-9,25-27H,21-22H2,(H,23,28)(H,24,29). The molecule has 0 heterocycles. The third-order valence-corrected chi connectivity index (χ3v) is 4.08. The number of rotatable bonds is 4. The van der Waals surface area contributed by atoms with Crippen molar-refractivity contribution in [1.29, 1.82) is 0 Å². The van der Waals surface area contributed by atoms with Crippen LogP contribution >= 0.6 is 0 Å². The zero-order valence-corrected chi connectivity index (χ0v) is 15.0. The van der Waals surface area contributed by atoms with Gasteiger partial charge >= 0.3 is 0 Å². The van der Waals surface area contributed by atoms with E-state index in [-0.39, 0.29) is 11.5 Å². The van der Waals surface area contributed by atoms with Gasteiger partial charge in [-0.2, -0.15) is 0 Å². The van der Waals surface area contributed by atoms with Crippen LogP contribution in [0.5, 0.6) is 17.2 Å². The number of anilines is 4. The van der Waals surface area contributed by atoms with Crippen molar-refractivity contribution in [2.45, 2.75) is 0 Å². The van der Waals surface area contributed by atoms with Gasteiger partial charge in [-0.25, -0.2) is 0 Å². The van der Waals surface area contributed by atoms with Gasteiger partial charge in [-0.3, -0.25) is 9.59 Å². The third kappa shape index (κ3) is 4.30. The molecule has 9 N–H and O–H groups in total. The van der Waals surface area contributed by atoms with Gasteiger partial charge in [0.25, 0.3) is 11.8 Å². The number of nitrogens with two attached hydrogens (primary N) is 2. The van der Waals surface area contributed by atoms with Gasteiger partial charge in [0.15, 0.2) is 17.2 Å². The van der Waals surface area contributed by atoms with E-state index in [1.165, 1.54) is 6.07 Å². The fourth-order valence-corrected chi connectivity index (χ4v) is 2.49. The average molecular weight is 394 g/mol. The molecule has 9 heteroatoms. The van der Waals surface area contributed by atoms with E-state index >= 15 is 0 Å². The highest BCUT2D eigenvalue weighted by molar-refractivity contribution is 6.06. The second-order valence-corrected chi connectivity index (χ2v) is 6.19. The van der Waals surface area contributed by atoms with Crippen molar-refractivity contribution in [3.8, 4) is 17.2 Å². The summed E-state index contributed by atoms with van der Waals surface area (Å²) >= 11 is 0. The number of hydrogen-bond donors (Lipinski definition) is 7. The highest BCUT2D eigenvalue weighted by atomic mass is 16.3. The van der Waals surface area contributed by atoms with Crippen molar-refractivity contribution in [2.75, 3.05) is 22.1 Å². The summed E-state index contributed by atoms with van der Waals surface area (Å²) < 4.78 is 0. The molecule has 0 aromatic heterocycles. The molecule has 0 aliphatic heterocycles. The topological polar surface area (TPSA) is 171 Å². The molecular formula is C20H18N4O5. The molecule has 0 saturated carbocycles. The van der Waals surface area contributed by atoms with Gasteiger partial charge < -0.3 is 37.4 Å². The predicted molar refractivity (Wildman–Crippen MR) is 109 cm³/mol. The van der Waals surface area contributed by atoms with Crippen molar-refractivity contribution >= 4 is 34.6 Å². The highest BCUT2D eigenvalue weighted by Gasteiger charge is 2.14. The summed E-state index contributed by atoms with van der Waals surface area (Å²) in [6.45, 7) is 0. The number of hydrogen-bond acceptors (Lipinski definition) is 7. The predicted octanol–water partition coefficient (Wildman–Crippen LogP) is 2.47. The Hall–Kier alpha value is -4.40. The van der Waals surface area contributed by atoms with Gasteiger partial charge in [0, 0.05) is 22.5 Å². The van der Waals surface area contributed by atoms with Crippen molar-refractivity contribution < 1.29 is 24.9 Å². The van der Waals surface area contributed by atoms with Crippen molar-refractivity contribution in [2.24, 2.45) is 0 Å². The Morgan fingerprint density at radius 2 is 1.14 bits per heavy atom. The maximum absolute atomic E-state index is 12.3. The Morgan fingerprint density at radius 1 is 0.655 bits per heavy atom. The number of carbonyl (C=O) groups excluding carboxylic acids is 2. The largest absolute Gasteiger partial charge is 0.504 e. The van der Waals surface area contributed by atoms with Crippen LogP contribution in [0.4, 0.5) is 22.7 Å². The first-order valence-electron chi connectivity index (χ1n) is 8.37. The lowest BCUT2D eigenvalue weighted by atomic mass is 10.1. The Labute approximate surface area is 165 Å². The van der Waals surface area contributed by atoms with E-state index in [4.69, 9.17) is 11.5 Å². The second-order valence-electron chi connectivity index (χ2n) is 6.19. The summed E-state index contributed by atoms with van der Waals surface area (Å²) in [5.74, 6) is -2.91. The first-order chi connectivity index (χ1) is 13.7. The van der Waals surface area contributed by atoms with Crippen LogP contribution in [0.1, 0.15) is 20.7 Å². The van der Waals surface area contributed by atoms with E-state index in [9.17, 15) is 24.9 Å². The zero-order valence-electron chi connectivity index (χ0n) is 15.0. The molecular weight excluding hydrogens is 376 g/mol. The van der Waals surface area contributed by atoms with E-state index in [1.54, 1.807) is 36.4 Å². The minimum Gasteiger partial charge on any atom is -0.504 e. The van der Waals surface area contributed by atoms with E-state index in [0.29, 0.717) is 28.3 Å². The summed E-state index contributed by atoms with van der Waals surface area (Å²) in [7, 11) is 0. The lowest BCUT2D eigenvalue weighted by Gasteiger charge is -2.10. The monoisotopic (exact) mass is 394 g/mol. The van der Waals surface area contributed by atoms with Crippen LogP contribution in [0.2, 0.25) is 0 Å². The molecule has 3 aromatic rings. The number of amides is 2. The van der Waals surface area contributed by atoms with Gasteiger partial charge in [-0.1, -0.05) is 0 Å². The number of benzene rings is 3. The Kier molecular flexibility index (Phi) is 5.13. The molecule has 0 bridgehead atoms. The number of phenols is 3. The quantitative estimate of drug-likeness (QED) is 0.263. The molecule has 29 heavy (non-hydrogen) atoms. The SMILES string of the molecule is Nc1ccc(C(=O)Nc2ccc(NC(=O)c3cc(O)c(O)c(O)c3)cc2)cc1N. The molecule has 3 rings (SSSR count). The first kappa shape index (κ1) is 19.4. The van der Waals surface area contributed by atoms with Crippen molar-refractivity contribution in [3.05, 3.63) is 65.7 Å². The van der Waals surface area contributed by atoms with E-state index < -0.39 is 23.2 Å². The van der Waals surface area contributed by atoms with Gasteiger partial charge in [0.05, 0.1) is 11.4 Å². The normalized spacial score (nSPS) is 10.3. The van der Waals surface area contributed by atoms with Gasteiger partial charge in [0.1, 0.15) is 0 Å². The van der Waals surface area contributed by atoms with Crippen LogP contribution in [0, 0.1) is 0 Å². The third-order valence-electron chi connectivity index (χ3n) is 4.08. The number of nitrogens with one attached hydrogen (secondary N) is 2. The lowest BCUT2D eigenvalue weighted by Crippen LogP contribution is -2.13. The lowest BCUT2D eigenvalue weighted by molar-refractivity contribution is 0.101. The summed E-state index contributed by atoms with van der Waals surface area (Å²) in [5.41, 5.74) is 13.2. The Bertz CT molecular complexity index is 1070. The maximum Gasteiger partial charge on any atom is 0.255 e. The van der Waals surface area contributed by atoms with Crippen LogP contribution in [0.15, 0.2) is 54.6 Å². The van der Waals surface area contributed by atoms with E-state index in [2.05, 4.69) is 10.6 Å². The molecule has 3 aromatic carbocycles. The number of nitrogen functional groups attached to an aromatic ring is 2. The fourth-order valence-electron chi connectivity index (χ4n) is 2.49. The smallest absolute Gasteiger partial charge is 0.255 e. The first-order valence-corrected chi connectivity index (χ1v) is 8.37. The van der Waals surface area contributed by atoms with Crippen LogP contribution in [0.3, 0.4) is 0 Å². The molecule has 148 valence electrons. The van der Waals surface area contributed by atoms with Crippen LogP contribution < -0.4 is 22.1 Å². The maximum atomic E-state index is 12.3. The van der Waals surface area contributed by atoms with E-state index in [1.807, 2.05) is 0 Å². The highest BCUT2D eigenvalue weighted by Crippen LogP contribution is 2.35. The second kappa shape index (κ2) is 7.69. The molecule has 9 nitrogen and oxygen atoms in total. The molecule has 0 atom stereocenters. The molecule has 0 radical (unpaired) electrons. The molecule has 0 spiro atoms. The molecule has 0 aliphatic carbocycles.